The Kier molecular flexibility index (Phi) is 5.86. The Hall–Kier alpha value is -3.07. The summed E-state index contributed by atoms with van der Waals surface area (Å²) in [5, 5.41) is 0. The summed E-state index contributed by atoms with van der Waals surface area (Å²) in [6, 6.07) is 4.29. The van der Waals surface area contributed by atoms with Crippen LogP contribution in [0, 0.1) is 18.7 Å². The summed E-state index contributed by atoms with van der Waals surface area (Å²) >= 11 is 0. The highest BCUT2D eigenvalue weighted by atomic mass is 19.1. The van der Waals surface area contributed by atoms with Crippen molar-refractivity contribution in [2.75, 3.05) is 20.3 Å². The molecule has 1 amide bonds. The number of amides is 1. The summed E-state index contributed by atoms with van der Waals surface area (Å²) in [6.07, 6.45) is 8.00. The molecule has 2 atom stereocenters. The summed E-state index contributed by atoms with van der Waals surface area (Å²) in [7, 11) is 1.56. The molecule has 8 nitrogen and oxygen atoms in total. The number of hydrogen-bond acceptors (Lipinski definition) is 7. The van der Waals surface area contributed by atoms with Gasteiger partial charge in [-0.3, -0.25) is 14.7 Å². The van der Waals surface area contributed by atoms with Crippen molar-refractivity contribution >= 4 is 11.9 Å². The van der Waals surface area contributed by atoms with Gasteiger partial charge in [0.1, 0.15) is 17.1 Å². The minimum absolute atomic E-state index is 0.0297. The zero-order chi connectivity index (χ0) is 22.0. The normalized spacial score (nSPS) is 24.5. The Morgan fingerprint density at radius 1 is 1.29 bits per heavy atom. The molecule has 3 aliphatic rings. The lowest BCUT2D eigenvalue weighted by Gasteiger charge is -2.45. The minimum atomic E-state index is -1.23. The molecule has 31 heavy (non-hydrogen) atoms. The van der Waals surface area contributed by atoms with Crippen LogP contribution in [-0.2, 0) is 15.1 Å². The smallest absolute Gasteiger partial charge is 0.238 e. The molecule has 1 aromatic heterocycles. The van der Waals surface area contributed by atoms with E-state index in [1.165, 1.54) is 48.6 Å². The molecule has 1 saturated heterocycles. The number of hydrogen-bond donors (Lipinski definition) is 1. The van der Waals surface area contributed by atoms with Crippen LogP contribution in [0.1, 0.15) is 36.9 Å². The Morgan fingerprint density at radius 2 is 2.06 bits per heavy atom. The van der Waals surface area contributed by atoms with Crippen LogP contribution in [0.3, 0.4) is 0 Å². The van der Waals surface area contributed by atoms with E-state index in [1.54, 1.807) is 20.2 Å². The van der Waals surface area contributed by atoms with Crippen molar-refractivity contribution in [3.8, 4) is 11.6 Å². The van der Waals surface area contributed by atoms with Gasteiger partial charge >= 0.3 is 0 Å². The highest BCUT2D eigenvalue weighted by molar-refractivity contribution is 6.00. The zero-order valence-corrected chi connectivity index (χ0v) is 17.7. The van der Waals surface area contributed by atoms with Crippen LogP contribution in [0.5, 0.6) is 11.6 Å². The fraction of sp³-hybridized carbons (Fsp3) is 0.455. The summed E-state index contributed by atoms with van der Waals surface area (Å²) in [4.78, 5) is 26.9. The maximum atomic E-state index is 14.9. The minimum Gasteiger partial charge on any atom is -0.437 e. The number of guanidine groups is 1. The van der Waals surface area contributed by atoms with Gasteiger partial charge in [0.15, 0.2) is 5.96 Å². The number of nitrogens with zero attached hydrogens (tertiary/aromatic N) is 4. The second-order valence-corrected chi connectivity index (χ2v) is 7.99. The predicted octanol–water partition coefficient (Wildman–Crippen LogP) is 2.91. The van der Waals surface area contributed by atoms with E-state index in [1.807, 2.05) is 0 Å². The van der Waals surface area contributed by atoms with E-state index in [9.17, 15) is 9.18 Å². The van der Waals surface area contributed by atoms with Crippen molar-refractivity contribution in [1.82, 2.24) is 14.9 Å². The summed E-state index contributed by atoms with van der Waals surface area (Å²) in [6.45, 7) is 2.25. The fourth-order valence-corrected chi connectivity index (χ4v) is 3.67. The lowest BCUT2D eigenvalue weighted by molar-refractivity contribution is -0.140. The van der Waals surface area contributed by atoms with Crippen LogP contribution >= 0.6 is 0 Å². The van der Waals surface area contributed by atoms with E-state index in [-0.39, 0.29) is 29.9 Å². The van der Waals surface area contributed by atoms with Crippen LogP contribution < -0.4 is 10.5 Å². The zero-order valence-electron chi connectivity index (χ0n) is 17.7. The summed E-state index contributed by atoms with van der Waals surface area (Å²) in [5.41, 5.74) is 5.63. The second-order valence-electron chi connectivity index (χ2n) is 7.99. The van der Waals surface area contributed by atoms with Crippen molar-refractivity contribution in [2.45, 2.75) is 38.1 Å². The quantitative estimate of drug-likeness (QED) is 0.808. The maximum Gasteiger partial charge on any atom is 0.238 e. The van der Waals surface area contributed by atoms with Crippen LogP contribution in [0.2, 0.25) is 0 Å². The fourth-order valence-electron chi connectivity index (χ4n) is 3.67. The van der Waals surface area contributed by atoms with Crippen LogP contribution in [-0.4, -0.2) is 47.0 Å². The monoisotopic (exact) mass is 427 g/mol. The molecule has 3 heterocycles. The van der Waals surface area contributed by atoms with Gasteiger partial charge in [-0.2, -0.15) is 0 Å². The van der Waals surface area contributed by atoms with Crippen molar-refractivity contribution in [3.63, 3.8) is 0 Å². The number of aliphatic imine (C=N–C) groups is 1. The number of aryl methyl sites for hydroxylation is 1. The van der Waals surface area contributed by atoms with Gasteiger partial charge in [-0.1, -0.05) is 19.3 Å². The highest BCUT2D eigenvalue weighted by Gasteiger charge is 2.52. The van der Waals surface area contributed by atoms with E-state index < -0.39 is 17.3 Å². The average Bonchev–Trinajstić information content (AvgIpc) is 3.63. The topological polar surface area (TPSA) is 103 Å². The van der Waals surface area contributed by atoms with E-state index >= 15 is 0 Å². The van der Waals surface area contributed by atoms with Crippen molar-refractivity contribution in [2.24, 2.45) is 16.6 Å². The van der Waals surface area contributed by atoms with Gasteiger partial charge in [0.05, 0.1) is 24.4 Å². The van der Waals surface area contributed by atoms with Crippen LogP contribution in [0.4, 0.5) is 4.39 Å². The molecular weight excluding hydrogens is 401 g/mol. The van der Waals surface area contributed by atoms with Gasteiger partial charge in [0.2, 0.25) is 11.8 Å². The van der Waals surface area contributed by atoms with E-state index in [0.717, 1.165) is 0 Å². The molecule has 0 spiro atoms. The third-order valence-corrected chi connectivity index (χ3v) is 5.45. The second kappa shape index (κ2) is 8.58. The number of nitrogens with two attached hydrogens (primary N) is 1. The number of aromatic nitrogens is 2. The van der Waals surface area contributed by atoms with Crippen molar-refractivity contribution in [3.05, 3.63) is 47.7 Å². The SMILES string of the molecule is C1CC1.Cc1cncc(Oc2ccc(F)c(C34COCCC3C(=O)N(C)C(N)=N4)c2)n1. The Morgan fingerprint density at radius 3 is 2.77 bits per heavy atom. The van der Waals surface area contributed by atoms with E-state index in [2.05, 4.69) is 15.0 Å². The first kappa shape index (κ1) is 21.2. The summed E-state index contributed by atoms with van der Waals surface area (Å²) in [5.74, 6) is -0.605. The molecule has 2 aromatic rings. The first-order valence-corrected chi connectivity index (χ1v) is 10.4. The molecular formula is C22H26FN5O3. The van der Waals surface area contributed by atoms with E-state index in [0.29, 0.717) is 24.5 Å². The molecule has 5 rings (SSSR count). The molecule has 1 aromatic carbocycles. The maximum absolute atomic E-state index is 14.9. The molecule has 164 valence electrons. The lowest BCUT2D eigenvalue weighted by atomic mass is 9.74. The highest BCUT2D eigenvalue weighted by Crippen LogP contribution is 2.44. The number of benzene rings is 1. The average molecular weight is 427 g/mol. The Balaban J connectivity index is 0.000000710. The van der Waals surface area contributed by atoms with Gasteiger partial charge in [0.25, 0.3) is 0 Å². The van der Waals surface area contributed by atoms with Gasteiger partial charge in [-0.25, -0.2) is 14.4 Å². The molecule has 1 aliphatic carbocycles. The number of halogens is 1. The molecule has 2 fully saturated rings. The Labute approximate surface area is 180 Å². The third kappa shape index (κ3) is 4.36. The molecule has 0 bridgehead atoms. The molecule has 2 unspecified atom stereocenters. The number of carbonyl (C=O) groups is 1. The first-order chi connectivity index (χ1) is 14.9. The largest absolute Gasteiger partial charge is 0.437 e. The van der Waals surface area contributed by atoms with Crippen molar-refractivity contribution in [1.29, 1.82) is 0 Å². The third-order valence-electron chi connectivity index (χ3n) is 5.45. The molecule has 1 saturated carbocycles. The predicted molar refractivity (Wildman–Crippen MR) is 112 cm³/mol. The van der Waals surface area contributed by atoms with Crippen LogP contribution in [0.25, 0.3) is 0 Å². The number of fused-ring (bicyclic) bond motifs is 1. The number of carbonyl (C=O) groups excluding carboxylic acids is 1. The van der Waals surface area contributed by atoms with Gasteiger partial charge in [0, 0.05) is 25.4 Å². The summed E-state index contributed by atoms with van der Waals surface area (Å²) < 4.78 is 26.2. The lowest BCUT2D eigenvalue weighted by Crippen LogP contribution is -2.58. The molecule has 2 N–H and O–H groups in total. The molecule has 0 radical (unpaired) electrons. The van der Waals surface area contributed by atoms with Crippen molar-refractivity contribution < 1.29 is 18.7 Å². The Bertz CT molecular complexity index is 1010. The first-order valence-electron chi connectivity index (χ1n) is 10.4. The van der Waals surface area contributed by atoms with E-state index in [4.69, 9.17) is 15.2 Å². The van der Waals surface area contributed by atoms with Gasteiger partial charge in [-0.15, -0.1) is 0 Å². The van der Waals surface area contributed by atoms with Gasteiger partial charge < -0.3 is 15.2 Å². The molecule has 9 heteroatoms. The number of rotatable bonds is 3. The number of ether oxygens (including phenoxy) is 2. The van der Waals surface area contributed by atoms with Gasteiger partial charge in [-0.05, 0) is 31.5 Å². The molecule has 2 aliphatic heterocycles. The standard InChI is InChI=1S/C19H20FN5O3.C3H6/c1-11-8-22-9-16(23-11)28-12-3-4-15(20)14(7-12)19-10-27-6-5-13(19)17(26)25(2)18(21)24-19;1-2-3-1/h3-4,7-9,13H,5-6,10H2,1-2H3,(H2,21,24);1-3H2. The van der Waals surface area contributed by atoms with Crippen LogP contribution in [0.15, 0.2) is 35.6 Å².